The summed E-state index contributed by atoms with van der Waals surface area (Å²) >= 11 is 15.4. The highest BCUT2D eigenvalue weighted by Crippen LogP contribution is 2.31. The van der Waals surface area contributed by atoms with Gasteiger partial charge in [0, 0.05) is 16.1 Å². The third-order valence-electron chi connectivity index (χ3n) is 3.11. The molecule has 2 N–H and O–H groups in total. The van der Waals surface area contributed by atoms with E-state index in [0.717, 1.165) is 21.3 Å². The highest BCUT2D eigenvalue weighted by Gasteiger charge is 2.14. The molecular weight excluding hydrogens is 373 g/mol. The maximum atomic E-state index is 6.34. The molecular formula is C16H16BrCl2NO. The second-order valence-electron chi connectivity index (χ2n) is 4.67. The highest BCUT2D eigenvalue weighted by molar-refractivity contribution is 9.10. The van der Waals surface area contributed by atoms with Gasteiger partial charge < -0.3 is 10.5 Å². The summed E-state index contributed by atoms with van der Waals surface area (Å²) in [5.41, 5.74) is 8.35. The number of ether oxygens (including phenoxy) is 1. The van der Waals surface area contributed by atoms with Gasteiger partial charge in [0.25, 0.3) is 0 Å². The zero-order chi connectivity index (χ0) is 15.4. The van der Waals surface area contributed by atoms with E-state index >= 15 is 0 Å². The van der Waals surface area contributed by atoms with E-state index < -0.39 is 0 Å². The molecule has 2 aromatic carbocycles. The number of hydrogen-bond acceptors (Lipinski definition) is 2. The lowest BCUT2D eigenvalue weighted by molar-refractivity contribution is 0.334. The molecule has 2 rings (SSSR count). The molecule has 0 heterocycles. The number of rotatable bonds is 5. The van der Waals surface area contributed by atoms with Gasteiger partial charge in [-0.2, -0.15) is 0 Å². The Kier molecular flexibility index (Phi) is 5.94. The minimum atomic E-state index is -0.179. The van der Waals surface area contributed by atoms with Crippen molar-refractivity contribution in [2.75, 3.05) is 6.61 Å². The van der Waals surface area contributed by atoms with Crippen LogP contribution in [-0.2, 0) is 6.42 Å². The second kappa shape index (κ2) is 7.50. The SMILES string of the molecule is CCOc1ccc(Br)cc1C(N)Cc1ccc(Cl)c(Cl)c1. The zero-order valence-electron chi connectivity index (χ0n) is 11.6. The maximum absolute atomic E-state index is 6.34. The fraction of sp³-hybridized carbons (Fsp3) is 0.250. The number of benzene rings is 2. The molecule has 2 aromatic rings. The van der Waals surface area contributed by atoms with Crippen LogP contribution in [0.4, 0.5) is 0 Å². The lowest BCUT2D eigenvalue weighted by atomic mass is 9.99. The Bertz CT molecular complexity index is 634. The van der Waals surface area contributed by atoms with Crippen molar-refractivity contribution in [3.63, 3.8) is 0 Å². The molecule has 112 valence electrons. The van der Waals surface area contributed by atoms with Crippen LogP contribution in [0.15, 0.2) is 40.9 Å². The van der Waals surface area contributed by atoms with E-state index in [9.17, 15) is 0 Å². The van der Waals surface area contributed by atoms with Crippen molar-refractivity contribution in [2.24, 2.45) is 5.73 Å². The first kappa shape index (κ1) is 16.6. The Hall–Kier alpha value is -0.740. The molecule has 1 unspecified atom stereocenters. The van der Waals surface area contributed by atoms with E-state index in [1.54, 1.807) is 6.07 Å². The first-order chi connectivity index (χ1) is 10.0. The van der Waals surface area contributed by atoms with Crippen LogP contribution in [0.2, 0.25) is 10.0 Å². The Labute approximate surface area is 143 Å². The summed E-state index contributed by atoms with van der Waals surface area (Å²) in [6.07, 6.45) is 0.660. The molecule has 2 nitrogen and oxygen atoms in total. The van der Waals surface area contributed by atoms with E-state index in [-0.39, 0.29) is 6.04 Å². The van der Waals surface area contributed by atoms with Gasteiger partial charge in [0.2, 0.25) is 0 Å². The zero-order valence-corrected chi connectivity index (χ0v) is 14.7. The highest BCUT2D eigenvalue weighted by atomic mass is 79.9. The summed E-state index contributed by atoms with van der Waals surface area (Å²) < 4.78 is 6.62. The third-order valence-corrected chi connectivity index (χ3v) is 4.34. The molecule has 0 aliphatic heterocycles. The topological polar surface area (TPSA) is 35.2 Å². The molecule has 1 atom stereocenters. The van der Waals surface area contributed by atoms with Gasteiger partial charge >= 0.3 is 0 Å². The van der Waals surface area contributed by atoms with Gasteiger partial charge in [0.1, 0.15) is 5.75 Å². The molecule has 0 fully saturated rings. The Balaban J connectivity index is 2.24. The predicted octanol–water partition coefficient (Wildman–Crippen LogP) is 5.40. The summed E-state index contributed by atoms with van der Waals surface area (Å²) in [6.45, 7) is 2.56. The van der Waals surface area contributed by atoms with Crippen LogP contribution in [0.3, 0.4) is 0 Å². The molecule has 0 aliphatic rings. The van der Waals surface area contributed by atoms with Crippen molar-refractivity contribution >= 4 is 39.1 Å². The molecule has 21 heavy (non-hydrogen) atoms. The lowest BCUT2D eigenvalue weighted by Gasteiger charge is -2.17. The molecule has 0 spiro atoms. The fourth-order valence-electron chi connectivity index (χ4n) is 2.13. The van der Waals surface area contributed by atoms with E-state index in [1.165, 1.54) is 0 Å². The Morgan fingerprint density at radius 2 is 1.90 bits per heavy atom. The second-order valence-corrected chi connectivity index (χ2v) is 6.40. The normalized spacial score (nSPS) is 12.2. The largest absolute Gasteiger partial charge is 0.494 e. The van der Waals surface area contributed by atoms with Crippen molar-refractivity contribution < 1.29 is 4.74 Å². The van der Waals surface area contributed by atoms with Gasteiger partial charge in [-0.05, 0) is 49.2 Å². The first-order valence-electron chi connectivity index (χ1n) is 6.63. The summed E-state index contributed by atoms with van der Waals surface area (Å²) in [7, 11) is 0. The van der Waals surface area contributed by atoms with Gasteiger partial charge in [-0.3, -0.25) is 0 Å². The maximum Gasteiger partial charge on any atom is 0.124 e. The Morgan fingerprint density at radius 1 is 1.14 bits per heavy atom. The van der Waals surface area contributed by atoms with Crippen LogP contribution in [0, 0.1) is 0 Å². The van der Waals surface area contributed by atoms with Crippen LogP contribution in [-0.4, -0.2) is 6.61 Å². The van der Waals surface area contributed by atoms with E-state index in [4.69, 9.17) is 33.7 Å². The minimum Gasteiger partial charge on any atom is -0.494 e. The minimum absolute atomic E-state index is 0.179. The van der Waals surface area contributed by atoms with Crippen LogP contribution in [0.1, 0.15) is 24.1 Å². The molecule has 0 aromatic heterocycles. The molecule has 0 saturated heterocycles. The number of halogens is 3. The summed E-state index contributed by atoms with van der Waals surface area (Å²) in [4.78, 5) is 0. The van der Waals surface area contributed by atoms with E-state index in [0.29, 0.717) is 23.1 Å². The van der Waals surface area contributed by atoms with Crippen LogP contribution < -0.4 is 10.5 Å². The van der Waals surface area contributed by atoms with Gasteiger partial charge in [-0.1, -0.05) is 45.2 Å². The molecule has 0 radical (unpaired) electrons. The number of hydrogen-bond donors (Lipinski definition) is 1. The summed E-state index contributed by atoms with van der Waals surface area (Å²) in [5, 5.41) is 1.09. The van der Waals surface area contributed by atoms with Crippen LogP contribution in [0.25, 0.3) is 0 Å². The summed E-state index contributed by atoms with van der Waals surface area (Å²) in [6, 6.07) is 11.3. The van der Waals surface area contributed by atoms with E-state index in [2.05, 4.69) is 15.9 Å². The molecule has 0 aliphatic carbocycles. The van der Waals surface area contributed by atoms with Crippen molar-refractivity contribution in [2.45, 2.75) is 19.4 Å². The standard InChI is InChI=1S/C16H16BrCl2NO/c1-2-21-16-6-4-11(17)9-12(16)15(20)8-10-3-5-13(18)14(19)7-10/h3-7,9,15H,2,8,20H2,1H3. The van der Waals surface area contributed by atoms with Crippen molar-refractivity contribution in [3.8, 4) is 5.75 Å². The van der Waals surface area contributed by atoms with Gasteiger partial charge in [-0.15, -0.1) is 0 Å². The average Bonchev–Trinajstić information content (AvgIpc) is 2.45. The lowest BCUT2D eigenvalue weighted by Crippen LogP contribution is -2.15. The van der Waals surface area contributed by atoms with Gasteiger partial charge in [0.15, 0.2) is 0 Å². The molecule has 0 amide bonds. The monoisotopic (exact) mass is 387 g/mol. The predicted molar refractivity (Wildman–Crippen MR) is 92.4 cm³/mol. The molecule has 0 saturated carbocycles. The molecule has 5 heteroatoms. The summed E-state index contributed by atoms with van der Waals surface area (Å²) in [5.74, 6) is 0.813. The quantitative estimate of drug-likeness (QED) is 0.744. The average molecular weight is 389 g/mol. The molecule has 0 bridgehead atoms. The van der Waals surface area contributed by atoms with Gasteiger partial charge in [-0.25, -0.2) is 0 Å². The van der Waals surface area contributed by atoms with Crippen molar-refractivity contribution in [1.29, 1.82) is 0 Å². The van der Waals surface area contributed by atoms with E-state index in [1.807, 2.05) is 37.3 Å². The number of nitrogens with two attached hydrogens (primary N) is 1. The van der Waals surface area contributed by atoms with Crippen molar-refractivity contribution in [3.05, 3.63) is 62.0 Å². The van der Waals surface area contributed by atoms with Crippen molar-refractivity contribution in [1.82, 2.24) is 0 Å². The van der Waals surface area contributed by atoms with Crippen LogP contribution >= 0.6 is 39.1 Å². The van der Waals surface area contributed by atoms with Gasteiger partial charge in [0.05, 0.1) is 16.7 Å². The third kappa shape index (κ3) is 4.36. The smallest absolute Gasteiger partial charge is 0.124 e. The van der Waals surface area contributed by atoms with Crippen LogP contribution in [0.5, 0.6) is 5.75 Å². The fourth-order valence-corrected chi connectivity index (χ4v) is 2.83. The Morgan fingerprint density at radius 3 is 2.57 bits per heavy atom. The first-order valence-corrected chi connectivity index (χ1v) is 8.18.